The molecule has 6 nitrogen and oxygen atoms in total. The molecule has 2 N–H and O–H groups in total. The smallest absolute Gasteiger partial charge is 0.252 e. The van der Waals surface area contributed by atoms with Gasteiger partial charge in [-0.2, -0.15) is 0 Å². The van der Waals surface area contributed by atoms with Crippen LogP contribution in [0.2, 0.25) is 0 Å². The van der Waals surface area contributed by atoms with Crippen molar-refractivity contribution < 1.29 is 23.5 Å². The first kappa shape index (κ1) is 20.3. The second-order valence-corrected chi connectivity index (χ2v) is 6.56. The van der Waals surface area contributed by atoms with Gasteiger partial charge in [0.2, 0.25) is 0 Å². The van der Waals surface area contributed by atoms with Gasteiger partial charge in [-0.1, -0.05) is 13.0 Å². The SMILES string of the molecule is CCCC(=O)Cc1ccc(Oc2ccnc3cc(OC)c(C(N)=O)cc23)cc1F. The molecule has 0 unspecified atom stereocenters. The van der Waals surface area contributed by atoms with Crippen LogP contribution in [-0.2, 0) is 11.2 Å². The second-order valence-electron chi connectivity index (χ2n) is 6.56. The molecule has 2 aromatic carbocycles. The number of ether oxygens (including phenoxy) is 2. The Balaban J connectivity index is 1.94. The molecular formula is C22H21FN2O4. The van der Waals surface area contributed by atoms with Gasteiger partial charge in [0.1, 0.15) is 28.8 Å². The van der Waals surface area contributed by atoms with Crippen molar-refractivity contribution in [1.82, 2.24) is 4.98 Å². The van der Waals surface area contributed by atoms with Crippen molar-refractivity contribution in [2.75, 3.05) is 7.11 Å². The molecule has 3 rings (SSSR count). The number of benzene rings is 2. The van der Waals surface area contributed by atoms with E-state index in [0.717, 1.165) is 6.42 Å². The Morgan fingerprint density at radius 2 is 1.93 bits per heavy atom. The fourth-order valence-corrected chi connectivity index (χ4v) is 3.04. The molecule has 29 heavy (non-hydrogen) atoms. The molecule has 0 spiro atoms. The Bertz CT molecular complexity index is 1080. The molecule has 1 aromatic heterocycles. The fraction of sp³-hybridized carbons (Fsp3) is 0.227. The van der Waals surface area contributed by atoms with Gasteiger partial charge in [-0.15, -0.1) is 0 Å². The minimum atomic E-state index is -0.648. The maximum atomic E-state index is 14.4. The van der Waals surface area contributed by atoms with Crippen LogP contribution < -0.4 is 15.2 Å². The Hall–Kier alpha value is -3.48. The van der Waals surface area contributed by atoms with E-state index in [4.69, 9.17) is 15.2 Å². The standard InChI is InChI=1S/C22H21FN2O4/c1-3-4-14(26)9-13-5-6-15(10-18(13)23)29-20-7-8-25-19-12-21(28-2)17(22(24)27)11-16(19)20/h5-8,10-12H,3-4,9H2,1-2H3,(H2,24,27). The van der Waals surface area contributed by atoms with Crippen molar-refractivity contribution in [2.24, 2.45) is 5.73 Å². The number of aromatic nitrogens is 1. The second kappa shape index (κ2) is 8.68. The molecule has 0 radical (unpaired) electrons. The third-order valence-electron chi connectivity index (χ3n) is 4.46. The molecule has 3 aromatic rings. The van der Waals surface area contributed by atoms with Crippen LogP contribution in [0.3, 0.4) is 0 Å². The maximum absolute atomic E-state index is 14.4. The molecule has 0 aliphatic heterocycles. The van der Waals surface area contributed by atoms with Gasteiger partial charge in [-0.3, -0.25) is 14.6 Å². The first-order chi connectivity index (χ1) is 13.9. The zero-order chi connectivity index (χ0) is 21.0. The van der Waals surface area contributed by atoms with Crippen LogP contribution in [0.1, 0.15) is 35.7 Å². The average molecular weight is 396 g/mol. The molecule has 0 saturated heterocycles. The summed E-state index contributed by atoms with van der Waals surface area (Å²) in [6, 6.07) is 9.11. The Morgan fingerprint density at radius 1 is 1.14 bits per heavy atom. The van der Waals surface area contributed by atoms with E-state index >= 15 is 0 Å². The first-order valence-electron chi connectivity index (χ1n) is 9.17. The fourth-order valence-electron chi connectivity index (χ4n) is 3.04. The van der Waals surface area contributed by atoms with Gasteiger partial charge in [0, 0.05) is 36.6 Å². The summed E-state index contributed by atoms with van der Waals surface area (Å²) in [6.45, 7) is 1.91. The zero-order valence-electron chi connectivity index (χ0n) is 16.2. The number of primary amides is 1. The van der Waals surface area contributed by atoms with Crippen LogP contribution in [0.5, 0.6) is 17.2 Å². The lowest BCUT2D eigenvalue weighted by atomic mass is 10.1. The lowest BCUT2D eigenvalue weighted by Gasteiger charge is -2.12. The molecule has 0 aliphatic rings. The van der Waals surface area contributed by atoms with Crippen molar-refractivity contribution >= 4 is 22.6 Å². The van der Waals surface area contributed by atoms with E-state index in [0.29, 0.717) is 34.4 Å². The molecule has 1 heterocycles. The highest BCUT2D eigenvalue weighted by Crippen LogP contribution is 2.33. The van der Waals surface area contributed by atoms with Crippen LogP contribution in [0.25, 0.3) is 10.9 Å². The van der Waals surface area contributed by atoms with Gasteiger partial charge < -0.3 is 15.2 Å². The lowest BCUT2D eigenvalue weighted by molar-refractivity contribution is -0.118. The van der Waals surface area contributed by atoms with E-state index in [1.54, 1.807) is 24.3 Å². The number of halogens is 1. The van der Waals surface area contributed by atoms with E-state index in [2.05, 4.69) is 4.98 Å². The number of hydrogen-bond acceptors (Lipinski definition) is 5. The van der Waals surface area contributed by atoms with Crippen molar-refractivity contribution in [1.29, 1.82) is 0 Å². The number of pyridine rings is 1. The predicted octanol–water partition coefficient (Wildman–Crippen LogP) is 4.19. The van der Waals surface area contributed by atoms with Crippen LogP contribution in [0.4, 0.5) is 4.39 Å². The number of nitrogens with two attached hydrogens (primary N) is 1. The normalized spacial score (nSPS) is 10.7. The predicted molar refractivity (Wildman–Crippen MR) is 107 cm³/mol. The molecule has 0 saturated carbocycles. The van der Waals surface area contributed by atoms with Gasteiger partial charge in [0.15, 0.2) is 0 Å². The Morgan fingerprint density at radius 3 is 2.59 bits per heavy atom. The summed E-state index contributed by atoms with van der Waals surface area (Å²) in [7, 11) is 1.43. The van der Waals surface area contributed by atoms with Crippen LogP contribution in [-0.4, -0.2) is 23.8 Å². The summed E-state index contributed by atoms with van der Waals surface area (Å²) < 4.78 is 25.4. The van der Waals surface area contributed by atoms with Crippen LogP contribution in [0, 0.1) is 5.82 Å². The molecule has 0 fully saturated rings. The summed E-state index contributed by atoms with van der Waals surface area (Å²) >= 11 is 0. The van der Waals surface area contributed by atoms with Gasteiger partial charge in [0.05, 0.1) is 18.2 Å². The number of carbonyl (C=O) groups excluding carboxylic acids is 2. The number of ketones is 1. The third kappa shape index (κ3) is 4.51. The maximum Gasteiger partial charge on any atom is 0.252 e. The molecule has 1 amide bonds. The summed E-state index contributed by atoms with van der Waals surface area (Å²) in [6.07, 6.45) is 2.75. The summed E-state index contributed by atoms with van der Waals surface area (Å²) in [5.41, 5.74) is 6.48. The number of nitrogens with zero attached hydrogens (tertiary/aromatic N) is 1. The molecule has 0 atom stereocenters. The number of carbonyl (C=O) groups is 2. The molecule has 7 heteroatoms. The molecular weight excluding hydrogens is 375 g/mol. The molecule has 0 bridgehead atoms. The highest BCUT2D eigenvalue weighted by atomic mass is 19.1. The van der Waals surface area contributed by atoms with Gasteiger partial charge >= 0.3 is 0 Å². The minimum absolute atomic E-state index is 0.00637. The Labute approximate surface area is 167 Å². The lowest BCUT2D eigenvalue weighted by Crippen LogP contribution is -2.12. The highest BCUT2D eigenvalue weighted by molar-refractivity contribution is 6.01. The first-order valence-corrected chi connectivity index (χ1v) is 9.17. The van der Waals surface area contributed by atoms with Crippen LogP contribution in [0.15, 0.2) is 42.6 Å². The van der Waals surface area contributed by atoms with E-state index < -0.39 is 11.7 Å². The summed E-state index contributed by atoms with van der Waals surface area (Å²) in [4.78, 5) is 27.7. The van der Waals surface area contributed by atoms with Crippen molar-refractivity contribution in [3.8, 4) is 17.2 Å². The summed E-state index contributed by atoms with van der Waals surface area (Å²) in [5, 5.41) is 0.532. The number of Topliss-reactive ketones (excluding diaryl/α,β-unsaturated/α-hetero) is 1. The number of amides is 1. The monoisotopic (exact) mass is 396 g/mol. The van der Waals surface area contributed by atoms with E-state index in [-0.39, 0.29) is 23.5 Å². The van der Waals surface area contributed by atoms with Crippen molar-refractivity contribution in [3.63, 3.8) is 0 Å². The topological polar surface area (TPSA) is 91.5 Å². The highest BCUT2D eigenvalue weighted by Gasteiger charge is 2.15. The largest absolute Gasteiger partial charge is 0.496 e. The Kier molecular flexibility index (Phi) is 6.07. The van der Waals surface area contributed by atoms with E-state index in [1.165, 1.54) is 25.4 Å². The number of rotatable bonds is 8. The number of methoxy groups -OCH3 is 1. The number of hydrogen-bond donors (Lipinski definition) is 1. The average Bonchev–Trinajstić information content (AvgIpc) is 2.69. The quantitative estimate of drug-likeness (QED) is 0.617. The van der Waals surface area contributed by atoms with E-state index in [9.17, 15) is 14.0 Å². The van der Waals surface area contributed by atoms with Gasteiger partial charge in [-0.25, -0.2) is 4.39 Å². The minimum Gasteiger partial charge on any atom is -0.496 e. The van der Waals surface area contributed by atoms with Gasteiger partial charge in [0.25, 0.3) is 5.91 Å². The summed E-state index contributed by atoms with van der Waals surface area (Å²) in [5.74, 6) is -0.210. The number of fused-ring (bicyclic) bond motifs is 1. The molecule has 0 aliphatic carbocycles. The van der Waals surface area contributed by atoms with Crippen molar-refractivity contribution in [2.45, 2.75) is 26.2 Å². The molecule has 150 valence electrons. The third-order valence-corrected chi connectivity index (χ3v) is 4.46. The zero-order valence-corrected chi connectivity index (χ0v) is 16.2. The van der Waals surface area contributed by atoms with E-state index in [1.807, 2.05) is 6.92 Å². The van der Waals surface area contributed by atoms with Gasteiger partial charge in [-0.05, 0) is 30.2 Å². The van der Waals surface area contributed by atoms with Crippen molar-refractivity contribution in [3.05, 3.63) is 59.5 Å². The van der Waals surface area contributed by atoms with Crippen LogP contribution >= 0.6 is 0 Å².